The Labute approximate surface area is 111 Å². The lowest BCUT2D eigenvalue weighted by molar-refractivity contribution is 0.0752. The maximum atomic E-state index is 11.0. The van der Waals surface area contributed by atoms with Crippen LogP contribution in [-0.4, -0.2) is 27.4 Å². The summed E-state index contributed by atoms with van der Waals surface area (Å²) in [5.74, 6) is -0.0689. The van der Waals surface area contributed by atoms with Gasteiger partial charge in [-0.05, 0) is 11.4 Å². The Morgan fingerprint density at radius 1 is 1.47 bits per heavy atom. The van der Waals surface area contributed by atoms with Gasteiger partial charge in [0.05, 0.1) is 19.0 Å². The molecule has 1 rings (SSSR count). The molecule has 0 unspecified atom stereocenters. The molecule has 1 aromatic heterocycles. The van der Waals surface area contributed by atoms with Gasteiger partial charge in [-0.2, -0.15) is 0 Å². The van der Waals surface area contributed by atoms with Crippen LogP contribution in [0, 0.1) is 5.41 Å². The van der Waals surface area contributed by atoms with E-state index in [2.05, 4.69) is 6.07 Å². The highest BCUT2D eigenvalue weighted by molar-refractivity contribution is 8.13. The van der Waals surface area contributed by atoms with Gasteiger partial charge in [-0.1, -0.05) is 19.9 Å². The van der Waals surface area contributed by atoms with Crippen molar-refractivity contribution in [1.29, 1.82) is 0 Å². The molecule has 0 aromatic carbocycles. The van der Waals surface area contributed by atoms with Crippen molar-refractivity contribution in [3.8, 4) is 0 Å². The third-order valence-corrected chi connectivity index (χ3v) is 4.52. The monoisotopic (exact) mass is 296 g/mol. The van der Waals surface area contributed by atoms with Crippen molar-refractivity contribution in [2.75, 3.05) is 19.0 Å². The maximum Gasteiger partial charge on any atom is 0.233 e. The fraction of sp³-hybridized carbons (Fsp3) is 0.636. The van der Waals surface area contributed by atoms with Gasteiger partial charge in [0.2, 0.25) is 9.05 Å². The van der Waals surface area contributed by atoms with Crippen molar-refractivity contribution in [2.45, 2.75) is 20.3 Å². The zero-order valence-corrected chi connectivity index (χ0v) is 12.4. The first-order chi connectivity index (χ1) is 7.79. The van der Waals surface area contributed by atoms with Crippen LogP contribution < -0.4 is 0 Å². The average molecular weight is 297 g/mol. The molecular formula is C11H17ClO3S2. The first-order valence-electron chi connectivity index (χ1n) is 5.31. The van der Waals surface area contributed by atoms with Crippen LogP contribution >= 0.6 is 22.0 Å². The molecule has 0 atom stereocenters. The standard InChI is InChI=1S/C11H17ClO3S2/c1-11(2,9-17(12,13)14)8-15-6-5-10-4-3-7-16-10/h3-4,7H,5-6,8-9H2,1-2H3. The second kappa shape index (κ2) is 6.18. The lowest BCUT2D eigenvalue weighted by Gasteiger charge is -2.22. The molecule has 17 heavy (non-hydrogen) atoms. The Bertz CT molecular complexity index is 424. The molecule has 0 radical (unpaired) electrons. The Balaban J connectivity index is 2.25. The predicted molar refractivity (Wildman–Crippen MR) is 72.3 cm³/mol. The summed E-state index contributed by atoms with van der Waals surface area (Å²) in [6.07, 6.45) is 0.862. The van der Waals surface area contributed by atoms with Crippen LogP contribution in [0.3, 0.4) is 0 Å². The van der Waals surface area contributed by atoms with Crippen LogP contribution in [0.2, 0.25) is 0 Å². The van der Waals surface area contributed by atoms with Crippen LogP contribution in [0.4, 0.5) is 0 Å². The summed E-state index contributed by atoms with van der Waals surface area (Å²) in [7, 11) is 1.76. The third-order valence-electron chi connectivity index (χ3n) is 2.13. The summed E-state index contributed by atoms with van der Waals surface area (Å²) >= 11 is 1.69. The van der Waals surface area contributed by atoms with Gasteiger partial charge in [-0.25, -0.2) is 8.42 Å². The number of hydrogen-bond donors (Lipinski definition) is 0. The molecule has 0 aliphatic carbocycles. The summed E-state index contributed by atoms with van der Waals surface area (Å²) in [4.78, 5) is 1.27. The highest BCUT2D eigenvalue weighted by atomic mass is 35.7. The summed E-state index contributed by atoms with van der Waals surface area (Å²) in [6, 6.07) is 4.06. The maximum absolute atomic E-state index is 11.0. The average Bonchev–Trinajstić information content (AvgIpc) is 2.60. The van der Waals surface area contributed by atoms with Crippen LogP contribution in [0.5, 0.6) is 0 Å². The van der Waals surface area contributed by atoms with Crippen LogP contribution in [0.25, 0.3) is 0 Å². The number of rotatable bonds is 7. The topological polar surface area (TPSA) is 43.4 Å². The fourth-order valence-electron chi connectivity index (χ4n) is 1.48. The van der Waals surface area contributed by atoms with Crippen molar-refractivity contribution in [3.63, 3.8) is 0 Å². The van der Waals surface area contributed by atoms with Crippen molar-refractivity contribution in [2.24, 2.45) is 5.41 Å². The van der Waals surface area contributed by atoms with Gasteiger partial charge in [0.15, 0.2) is 0 Å². The highest BCUT2D eigenvalue weighted by Gasteiger charge is 2.25. The molecule has 0 amide bonds. The first kappa shape index (κ1) is 15.0. The van der Waals surface area contributed by atoms with E-state index in [9.17, 15) is 8.42 Å². The van der Waals surface area contributed by atoms with E-state index in [1.807, 2.05) is 25.3 Å². The van der Waals surface area contributed by atoms with Crippen molar-refractivity contribution in [3.05, 3.63) is 22.4 Å². The minimum Gasteiger partial charge on any atom is -0.380 e. The summed E-state index contributed by atoms with van der Waals surface area (Å²) in [6.45, 7) is 4.66. The van der Waals surface area contributed by atoms with Crippen molar-refractivity contribution in [1.82, 2.24) is 0 Å². The van der Waals surface area contributed by atoms with Crippen molar-refractivity contribution < 1.29 is 13.2 Å². The van der Waals surface area contributed by atoms with Crippen LogP contribution in [0.1, 0.15) is 18.7 Å². The molecule has 3 nitrogen and oxygen atoms in total. The summed E-state index contributed by atoms with van der Waals surface area (Å²) < 4.78 is 27.5. The number of hydrogen-bond acceptors (Lipinski definition) is 4. The van der Waals surface area contributed by atoms with Gasteiger partial charge in [-0.15, -0.1) is 11.3 Å². The lowest BCUT2D eigenvalue weighted by Crippen LogP contribution is -2.27. The quantitative estimate of drug-likeness (QED) is 0.574. The smallest absolute Gasteiger partial charge is 0.233 e. The largest absolute Gasteiger partial charge is 0.380 e. The molecule has 0 saturated carbocycles. The predicted octanol–water partition coefficient (Wildman–Crippen LogP) is 2.90. The Morgan fingerprint density at radius 3 is 2.71 bits per heavy atom. The lowest BCUT2D eigenvalue weighted by atomic mass is 9.98. The molecule has 1 aromatic rings. The van der Waals surface area contributed by atoms with E-state index in [1.165, 1.54) is 4.88 Å². The second-order valence-electron chi connectivity index (χ2n) is 4.73. The van der Waals surface area contributed by atoms with Gasteiger partial charge >= 0.3 is 0 Å². The molecule has 0 aliphatic heterocycles. The first-order valence-corrected chi connectivity index (χ1v) is 8.67. The van der Waals surface area contributed by atoms with Gasteiger partial charge < -0.3 is 4.74 Å². The van der Waals surface area contributed by atoms with Gasteiger partial charge in [-0.3, -0.25) is 0 Å². The van der Waals surface area contributed by atoms with E-state index >= 15 is 0 Å². The van der Waals surface area contributed by atoms with Crippen LogP contribution in [-0.2, 0) is 20.2 Å². The number of ether oxygens (including phenoxy) is 1. The van der Waals surface area contributed by atoms with E-state index in [0.29, 0.717) is 13.2 Å². The van der Waals surface area contributed by atoms with E-state index in [4.69, 9.17) is 15.4 Å². The molecule has 0 N–H and O–H groups in total. The van der Waals surface area contributed by atoms with Gasteiger partial charge in [0, 0.05) is 27.4 Å². The molecule has 98 valence electrons. The second-order valence-corrected chi connectivity index (χ2v) is 8.54. The van der Waals surface area contributed by atoms with Crippen LogP contribution in [0.15, 0.2) is 17.5 Å². The molecule has 0 saturated heterocycles. The molecular weight excluding hydrogens is 280 g/mol. The van der Waals surface area contributed by atoms with E-state index in [1.54, 1.807) is 11.3 Å². The van der Waals surface area contributed by atoms with Gasteiger partial charge in [0.1, 0.15) is 0 Å². The van der Waals surface area contributed by atoms with Gasteiger partial charge in [0.25, 0.3) is 0 Å². The highest BCUT2D eigenvalue weighted by Crippen LogP contribution is 2.20. The third kappa shape index (κ3) is 7.03. The molecule has 6 heteroatoms. The fourth-order valence-corrected chi connectivity index (χ4v) is 4.08. The summed E-state index contributed by atoms with van der Waals surface area (Å²) in [5, 5.41) is 2.03. The molecule has 0 spiro atoms. The Morgan fingerprint density at radius 2 is 2.18 bits per heavy atom. The molecule has 0 bridgehead atoms. The Hall–Kier alpha value is -0.100. The number of halogens is 1. The summed E-state index contributed by atoms with van der Waals surface area (Å²) in [5.41, 5.74) is -0.448. The SMILES string of the molecule is CC(C)(COCCc1cccs1)CS(=O)(=O)Cl. The van der Waals surface area contributed by atoms with E-state index < -0.39 is 14.5 Å². The minimum atomic E-state index is -3.47. The Kier molecular flexibility index (Phi) is 5.44. The zero-order chi connectivity index (χ0) is 12.9. The molecule has 0 fully saturated rings. The van der Waals surface area contributed by atoms with E-state index in [0.717, 1.165) is 6.42 Å². The minimum absolute atomic E-state index is 0.0689. The van der Waals surface area contributed by atoms with Crippen molar-refractivity contribution >= 4 is 31.1 Å². The number of thiophene rings is 1. The normalized spacial score (nSPS) is 12.9. The van der Waals surface area contributed by atoms with E-state index in [-0.39, 0.29) is 5.75 Å². The molecule has 0 aliphatic rings. The zero-order valence-electron chi connectivity index (χ0n) is 9.98. The molecule has 1 heterocycles.